The lowest BCUT2D eigenvalue weighted by Gasteiger charge is -2.38. The highest BCUT2D eigenvalue weighted by Gasteiger charge is 2.30. The van der Waals surface area contributed by atoms with Crippen molar-refractivity contribution in [2.24, 2.45) is 23.7 Å². The van der Waals surface area contributed by atoms with Crippen LogP contribution in [0.1, 0.15) is 83.1 Å². The molecule has 0 saturated heterocycles. The summed E-state index contributed by atoms with van der Waals surface area (Å²) in [6, 6.07) is 0.970. The van der Waals surface area contributed by atoms with E-state index in [2.05, 4.69) is 11.9 Å². The Bertz CT molecular complexity index is 573. The standard InChI is InChI=1S/C22H32F3N/c1-2-3-15-4-9-17(10-5-15)18-11-6-16(7-12-18)8-13-19-14-20(23)22(25)26-21(19)24/h14-18H,2-13H2,1H3/t15-,16?,17-,18?. The Labute approximate surface area is 155 Å². The summed E-state index contributed by atoms with van der Waals surface area (Å²) in [5.74, 6) is 0.0698. The molecule has 0 atom stereocenters. The predicted octanol–water partition coefficient (Wildman–Crippen LogP) is 6.84. The summed E-state index contributed by atoms with van der Waals surface area (Å²) in [7, 11) is 0. The van der Waals surface area contributed by atoms with Crippen molar-refractivity contribution < 1.29 is 13.2 Å². The van der Waals surface area contributed by atoms with Gasteiger partial charge in [-0.1, -0.05) is 45.4 Å². The minimum Gasteiger partial charge on any atom is -0.202 e. The van der Waals surface area contributed by atoms with Crippen LogP contribution in [-0.2, 0) is 6.42 Å². The van der Waals surface area contributed by atoms with E-state index in [0.717, 1.165) is 30.2 Å². The van der Waals surface area contributed by atoms with Gasteiger partial charge >= 0.3 is 0 Å². The third-order valence-corrected chi connectivity index (χ3v) is 6.93. The van der Waals surface area contributed by atoms with Crippen LogP contribution in [0.25, 0.3) is 0 Å². The van der Waals surface area contributed by atoms with Gasteiger partial charge in [-0.3, -0.25) is 0 Å². The molecule has 4 heteroatoms. The quantitative estimate of drug-likeness (QED) is 0.501. The van der Waals surface area contributed by atoms with Crippen molar-refractivity contribution in [1.29, 1.82) is 0 Å². The minimum atomic E-state index is -1.35. The van der Waals surface area contributed by atoms with Gasteiger partial charge in [0.05, 0.1) is 0 Å². The minimum absolute atomic E-state index is 0.209. The number of pyridine rings is 1. The molecule has 2 saturated carbocycles. The first kappa shape index (κ1) is 19.7. The van der Waals surface area contributed by atoms with Gasteiger partial charge in [0.2, 0.25) is 5.95 Å². The van der Waals surface area contributed by atoms with Crippen LogP contribution >= 0.6 is 0 Å². The van der Waals surface area contributed by atoms with Gasteiger partial charge in [0.1, 0.15) is 0 Å². The molecule has 0 aliphatic heterocycles. The largest absolute Gasteiger partial charge is 0.251 e. The van der Waals surface area contributed by atoms with Crippen molar-refractivity contribution in [3.8, 4) is 0 Å². The molecule has 0 spiro atoms. The fourth-order valence-corrected chi connectivity index (χ4v) is 5.32. The van der Waals surface area contributed by atoms with Crippen LogP contribution in [0.3, 0.4) is 0 Å². The molecule has 3 rings (SSSR count). The van der Waals surface area contributed by atoms with Crippen LogP contribution < -0.4 is 0 Å². The molecule has 26 heavy (non-hydrogen) atoms. The average molecular weight is 367 g/mol. The molecule has 0 amide bonds. The predicted molar refractivity (Wildman–Crippen MR) is 98.2 cm³/mol. The zero-order valence-corrected chi connectivity index (χ0v) is 16.0. The van der Waals surface area contributed by atoms with Crippen molar-refractivity contribution in [2.75, 3.05) is 0 Å². The van der Waals surface area contributed by atoms with E-state index in [-0.39, 0.29) is 5.56 Å². The lowest BCUT2D eigenvalue weighted by Crippen LogP contribution is -2.26. The molecule has 1 aromatic heterocycles. The van der Waals surface area contributed by atoms with Crippen LogP contribution in [0.2, 0.25) is 0 Å². The fourth-order valence-electron chi connectivity index (χ4n) is 5.32. The smallest absolute Gasteiger partial charge is 0.202 e. The summed E-state index contributed by atoms with van der Waals surface area (Å²) in [5.41, 5.74) is 0.209. The lowest BCUT2D eigenvalue weighted by atomic mass is 9.68. The lowest BCUT2D eigenvalue weighted by molar-refractivity contribution is 0.141. The molecule has 2 aliphatic rings. The molecular weight excluding hydrogens is 335 g/mol. The van der Waals surface area contributed by atoms with Crippen molar-refractivity contribution in [3.05, 3.63) is 29.3 Å². The van der Waals surface area contributed by atoms with Gasteiger partial charge in [-0.15, -0.1) is 0 Å². The van der Waals surface area contributed by atoms with Crippen LogP contribution in [0.5, 0.6) is 0 Å². The number of aromatic nitrogens is 1. The van der Waals surface area contributed by atoms with Gasteiger partial charge < -0.3 is 0 Å². The Hall–Kier alpha value is -1.06. The summed E-state index contributed by atoms with van der Waals surface area (Å²) in [5, 5.41) is 0. The number of hydrogen-bond acceptors (Lipinski definition) is 1. The summed E-state index contributed by atoms with van der Waals surface area (Å²) in [4.78, 5) is 3.02. The van der Waals surface area contributed by atoms with E-state index in [1.54, 1.807) is 0 Å². The highest BCUT2D eigenvalue weighted by molar-refractivity contribution is 5.13. The van der Waals surface area contributed by atoms with E-state index in [1.165, 1.54) is 64.2 Å². The number of hydrogen-bond donors (Lipinski definition) is 0. The molecular formula is C22H32F3N. The molecule has 0 N–H and O–H groups in total. The Morgan fingerprint density at radius 1 is 0.808 bits per heavy atom. The molecule has 1 aromatic rings. The molecule has 0 unspecified atom stereocenters. The fraction of sp³-hybridized carbons (Fsp3) is 0.773. The molecule has 146 valence electrons. The first-order chi connectivity index (χ1) is 12.6. The number of rotatable bonds is 6. The average Bonchev–Trinajstić information content (AvgIpc) is 2.65. The van der Waals surface area contributed by atoms with Crippen molar-refractivity contribution in [2.45, 2.75) is 84.0 Å². The molecule has 2 aliphatic carbocycles. The van der Waals surface area contributed by atoms with Crippen LogP contribution in [-0.4, -0.2) is 4.98 Å². The second kappa shape index (κ2) is 9.23. The maximum absolute atomic E-state index is 13.7. The second-order valence-corrected chi connectivity index (χ2v) is 8.60. The highest BCUT2D eigenvalue weighted by Crippen LogP contribution is 2.42. The van der Waals surface area contributed by atoms with E-state index < -0.39 is 17.7 Å². The Kier molecular flexibility index (Phi) is 6.99. The number of nitrogens with zero attached hydrogens (tertiary/aromatic N) is 1. The van der Waals surface area contributed by atoms with E-state index in [1.807, 2.05) is 0 Å². The van der Waals surface area contributed by atoms with Crippen molar-refractivity contribution in [3.63, 3.8) is 0 Å². The van der Waals surface area contributed by atoms with E-state index in [0.29, 0.717) is 12.3 Å². The van der Waals surface area contributed by atoms with Gasteiger partial charge in [0, 0.05) is 5.56 Å². The zero-order chi connectivity index (χ0) is 18.5. The maximum atomic E-state index is 13.7. The first-order valence-corrected chi connectivity index (χ1v) is 10.6. The second-order valence-electron chi connectivity index (χ2n) is 8.60. The maximum Gasteiger partial charge on any atom is 0.251 e. The summed E-state index contributed by atoms with van der Waals surface area (Å²) >= 11 is 0. The van der Waals surface area contributed by atoms with E-state index in [4.69, 9.17) is 0 Å². The van der Waals surface area contributed by atoms with Gasteiger partial charge in [0.25, 0.3) is 5.95 Å². The number of aryl methyl sites for hydroxylation is 1. The normalized spacial score (nSPS) is 29.7. The van der Waals surface area contributed by atoms with Crippen LogP contribution in [0.15, 0.2) is 6.07 Å². The summed E-state index contributed by atoms with van der Waals surface area (Å²) in [6.45, 7) is 2.29. The van der Waals surface area contributed by atoms with Gasteiger partial charge in [-0.2, -0.15) is 13.8 Å². The van der Waals surface area contributed by atoms with Crippen LogP contribution in [0, 0.1) is 41.4 Å². The zero-order valence-electron chi connectivity index (χ0n) is 16.0. The Morgan fingerprint density at radius 2 is 1.35 bits per heavy atom. The monoisotopic (exact) mass is 367 g/mol. The molecule has 0 radical (unpaired) electrons. The molecule has 1 nitrogen and oxygen atoms in total. The van der Waals surface area contributed by atoms with Crippen LogP contribution in [0.4, 0.5) is 13.2 Å². The van der Waals surface area contributed by atoms with Gasteiger partial charge in [0.15, 0.2) is 5.82 Å². The molecule has 0 bridgehead atoms. The van der Waals surface area contributed by atoms with Gasteiger partial charge in [-0.25, -0.2) is 4.39 Å². The molecule has 0 aromatic carbocycles. The topological polar surface area (TPSA) is 12.9 Å². The van der Waals surface area contributed by atoms with E-state index >= 15 is 0 Å². The summed E-state index contributed by atoms with van der Waals surface area (Å²) in [6.07, 6.45) is 14.6. The SMILES string of the molecule is CCC[C@H]1CC[C@H](C2CCC(CCc3cc(F)c(F)nc3F)CC2)CC1. The van der Waals surface area contributed by atoms with Gasteiger partial charge in [-0.05, 0) is 68.3 Å². The third kappa shape index (κ3) is 5.01. The number of halogens is 3. The Morgan fingerprint density at radius 3 is 1.88 bits per heavy atom. The molecule has 1 heterocycles. The molecule has 2 fully saturated rings. The third-order valence-electron chi connectivity index (χ3n) is 6.93. The van der Waals surface area contributed by atoms with E-state index in [9.17, 15) is 13.2 Å². The van der Waals surface area contributed by atoms with Crippen molar-refractivity contribution in [1.82, 2.24) is 4.98 Å². The summed E-state index contributed by atoms with van der Waals surface area (Å²) < 4.78 is 39.8. The Balaban J connectivity index is 1.41. The van der Waals surface area contributed by atoms with Crippen molar-refractivity contribution >= 4 is 0 Å². The highest BCUT2D eigenvalue weighted by atomic mass is 19.2. The first-order valence-electron chi connectivity index (χ1n) is 10.6.